The molecule has 1 fully saturated rings. The molecule has 1 aromatic heterocycles. The number of aromatic nitrogens is 1. The van der Waals surface area contributed by atoms with Gasteiger partial charge in [0.15, 0.2) is 0 Å². The highest BCUT2D eigenvalue weighted by atomic mass is 32.1. The van der Waals surface area contributed by atoms with Gasteiger partial charge >= 0.3 is 4.87 Å². The van der Waals surface area contributed by atoms with E-state index < -0.39 is 0 Å². The van der Waals surface area contributed by atoms with Gasteiger partial charge in [-0.05, 0) is 18.1 Å². The van der Waals surface area contributed by atoms with E-state index in [0.717, 1.165) is 30.1 Å². The number of hydrogen-bond acceptors (Lipinski definition) is 4. The summed E-state index contributed by atoms with van der Waals surface area (Å²) in [5.74, 6) is 0.0178. The normalized spacial score (nSPS) is 15.0. The zero-order valence-corrected chi connectivity index (χ0v) is 17.3. The van der Waals surface area contributed by atoms with Crippen LogP contribution >= 0.6 is 11.3 Å². The Balaban J connectivity index is 1.47. The third kappa shape index (κ3) is 4.33. The molecule has 150 valence electrons. The number of amides is 1. The van der Waals surface area contributed by atoms with Crippen molar-refractivity contribution in [3.05, 3.63) is 92.5 Å². The van der Waals surface area contributed by atoms with Crippen molar-refractivity contribution < 1.29 is 4.79 Å². The van der Waals surface area contributed by atoms with Gasteiger partial charge in [0.1, 0.15) is 6.54 Å². The largest absolute Gasteiger partial charge is 0.339 e. The Kier molecular flexibility index (Phi) is 5.92. The molecule has 0 spiro atoms. The van der Waals surface area contributed by atoms with Crippen molar-refractivity contribution in [2.24, 2.45) is 0 Å². The number of aryl methyl sites for hydroxylation is 1. The van der Waals surface area contributed by atoms with E-state index in [1.807, 2.05) is 24.0 Å². The highest BCUT2D eigenvalue weighted by molar-refractivity contribution is 7.07. The first-order chi connectivity index (χ1) is 14.1. The number of piperazine rings is 1. The second-order valence-corrected chi connectivity index (χ2v) is 8.19. The Bertz CT molecular complexity index is 966. The molecule has 0 atom stereocenters. The van der Waals surface area contributed by atoms with Crippen molar-refractivity contribution in [1.29, 1.82) is 0 Å². The standard InChI is InChI=1S/C23H25N3O2S/c1-18-17-29-23(28)26(18)16-21(27)24-12-14-25(15-13-24)22(19-8-4-2-5-9-19)20-10-6-3-7-11-20/h2-11,17,22H,12-16H2,1H3. The fraction of sp³-hybridized carbons (Fsp3) is 0.304. The highest BCUT2D eigenvalue weighted by Crippen LogP contribution is 2.29. The summed E-state index contributed by atoms with van der Waals surface area (Å²) in [4.78, 5) is 28.9. The predicted molar refractivity (Wildman–Crippen MR) is 116 cm³/mol. The minimum Gasteiger partial charge on any atom is -0.339 e. The molecule has 2 heterocycles. The molecule has 29 heavy (non-hydrogen) atoms. The van der Waals surface area contributed by atoms with E-state index in [1.54, 1.807) is 9.95 Å². The van der Waals surface area contributed by atoms with Crippen LogP contribution in [0.15, 0.2) is 70.8 Å². The summed E-state index contributed by atoms with van der Waals surface area (Å²) >= 11 is 1.15. The van der Waals surface area contributed by atoms with E-state index in [4.69, 9.17) is 0 Å². The number of thiazole rings is 1. The summed E-state index contributed by atoms with van der Waals surface area (Å²) in [6, 6.07) is 21.2. The molecule has 1 aliphatic heterocycles. The summed E-state index contributed by atoms with van der Waals surface area (Å²) in [6.45, 7) is 4.96. The molecule has 0 unspecified atom stereocenters. The van der Waals surface area contributed by atoms with E-state index in [0.29, 0.717) is 13.1 Å². The van der Waals surface area contributed by atoms with Gasteiger partial charge in [0.25, 0.3) is 0 Å². The van der Waals surface area contributed by atoms with Crippen molar-refractivity contribution in [1.82, 2.24) is 14.4 Å². The minimum absolute atomic E-state index is 0.0178. The number of nitrogens with zero attached hydrogens (tertiary/aromatic N) is 3. The van der Waals surface area contributed by atoms with Gasteiger partial charge in [0, 0.05) is 37.3 Å². The number of carbonyl (C=O) groups is 1. The lowest BCUT2D eigenvalue weighted by molar-refractivity contribution is -0.133. The quantitative estimate of drug-likeness (QED) is 0.653. The second kappa shape index (κ2) is 8.76. The van der Waals surface area contributed by atoms with Crippen LogP contribution in [0.3, 0.4) is 0 Å². The molecule has 4 rings (SSSR count). The maximum Gasteiger partial charge on any atom is 0.307 e. The van der Waals surface area contributed by atoms with Crippen LogP contribution in [0.5, 0.6) is 0 Å². The summed E-state index contributed by atoms with van der Waals surface area (Å²) in [5, 5.41) is 1.80. The first kappa shape index (κ1) is 19.6. The van der Waals surface area contributed by atoms with Crippen molar-refractivity contribution in [2.45, 2.75) is 19.5 Å². The topological polar surface area (TPSA) is 45.6 Å². The molecule has 5 nitrogen and oxygen atoms in total. The van der Waals surface area contributed by atoms with Gasteiger partial charge in [-0.1, -0.05) is 72.0 Å². The van der Waals surface area contributed by atoms with Gasteiger partial charge in [-0.25, -0.2) is 0 Å². The minimum atomic E-state index is -0.0669. The van der Waals surface area contributed by atoms with Gasteiger partial charge in [-0.15, -0.1) is 0 Å². The fourth-order valence-corrected chi connectivity index (χ4v) is 4.68. The fourth-order valence-electron chi connectivity index (χ4n) is 3.95. The summed E-state index contributed by atoms with van der Waals surface area (Å²) in [7, 11) is 0. The van der Waals surface area contributed by atoms with Crippen LogP contribution < -0.4 is 4.87 Å². The SMILES string of the molecule is Cc1csc(=O)n1CC(=O)N1CCN(C(c2ccccc2)c2ccccc2)CC1. The van der Waals surface area contributed by atoms with E-state index in [-0.39, 0.29) is 23.4 Å². The molecular formula is C23H25N3O2S. The first-order valence-electron chi connectivity index (χ1n) is 9.90. The number of carbonyl (C=O) groups excluding carboxylic acids is 1. The van der Waals surface area contributed by atoms with Crippen LogP contribution in [0.1, 0.15) is 22.9 Å². The zero-order chi connectivity index (χ0) is 20.2. The van der Waals surface area contributed by atoms with Crippen molar-refractivity contribution >= 4 is 17.2 Å². The lowest BCUT2D eigenvalue weighted by Gasteiger charge is -2.39. The first-order valence-corrected chi connectivity index (χ1v) is 10.8. The highest BCUT2D eigenvalue weighted by Gasteiger charge is 2.28. The van der Waals surface area contributed by atoms with Crippen molar-refractivity contribution in [3.8, 4) is 0 Å². The van der Waals surface area contributed by atoms with Crippen LogP contribution in [0, 0.1) is 6.92 Å². The zero-order valence-electron chi connectivity index (χ0n) is 16.5. The molecule has 1 saturated heterocycles. The lowest BCUT2D eigenvalue weighted by Crippen LogP contribution is -2.50. The van der Waals surface area contributed by atoms with Crippen molar-refractivity contribution in [3.63, 3.8) is 0 Å². The lowest BCUT2D eigenvalue weighted by atomic mass is 9.96. The van der Waals surface area contributed by atoms with E-state index in [2.05, 4.69) is 53.4 Å². The summed E-state index contributed by atoms with van der Waals surface area (Å²) < 4.78 is 1.57. The molecule has 1 aliphatic rings. The smallest absolute Gasteiger partial charge is 0.307 e. The Morgan fingerprint density at radius 2 is 1.48 bits per heavy atom. The third-order valence-corrected chi connectivity index (χ3v) is 6.41. The van der Waals surface area contributed by atoms with Gasteiger partial charge < -0.3 is 4.90 Å². The average Bonchev–Trinajstić information content (AvgIpc) is 3.08. The second-order valence-electron chi connectivity index (χ2n) is 7.37. The predicted octanol–water partition coefficient (Wildman–Crippen LogP) is 3.15. The average molecular weight is 408 g/mol. The molecule has 0 saturated carbocycles. The molecule has 2 aromatic carbocycles. The van der Waals surface area contributed by atoms with Crippen LogP contribution in [0.2, 0.25) is 0 Å². The Labute approximate surface area is 174 Å². The monoisotopic (exact) mass is 407 g/mol. The van der Waals surface area contributed by atoms with E-state index in [1.165, 1.54) is 11.1 Å². The number of rotatable bonds is 5. The van der Waals surface area contributed by atoms with Crippen LogP contribution in [-0.4, -0.2) is 46.5 Å². The van der Waals surface area contributed by atoms with E-state index >= 15 is 0 Å². The maximum atomic E-state index is 12.7. The molecule has 0 N–H and O–H groups in total. The molecule has 0 radical (unpaired) electrons. The Morgan fingerprint density at radius 1 is 0.931 bits per heavy atom. The molecule has 0 aliphatic carbocycles. The summed E-state index contributed by atoms with van der Waals surface area (Å²) in [6.07, 6.45) is 0. The van der Waals surface area contributed by atoms with Gasteiger partial charge in [-0.3, -0.25) is 19.1 Å². The van der Waals surface area contributed by atoms with E-state index in [9.17, 15) is 9.59 Å². The van der Waals surface area contributed by atoms with Crippen LogP contribution in [0.25, 0.3) is 0 Å². The van der Waals surface area contributed by atoms with Crippen molar-refractivity contribution in [2.75, 3.05) is 26.2 Å². The maximum absolute atomic E-state index is 12.7. The van der Waals surface area contributed by atoms with Crippen LogP contribution in [0.4, 0.5) is 0 Å². The molecular weight excluding hydrogens is 382 g/mol. The summed E-state index contributed by atoms with van der Waals surface area (Å²) in [5.41, 5.74) is 3.37. The van der Waals surface area contributed by atoms with Gasteiger partial charge in [0.2, 0.25) is 5.91 Å². The molecule has 6 heteroatoms. The Morgan fingerprint density at radius 3 is 1.97 bits per heavy atom. The van der Waals surface area contributed by atoms with Gasteiger partial charge in [0.05, 0.1) is 6.04 Å². The number of hydrogen-bond donors (Lipinski definition) is 0. The molecule has 3 aromatic rings. The third-order valence-electron chi connectivity index (χ3n) is 5.53. The number of benzene rings is 2. The van der Waals surface area contributed by atoms with Gasteiger partial charge in [-0.2, -0.15) is 0 Å². The molecule has 1 amide bonds. The molecule has 0 bridgehead atoms. The Hall–Kier alpha value is -2.70. The van der Waals surface area contributed by atoms with Crippen LogP contribution in [-0.2, 0) is 11.3 Å².